The highest BCUT2D eigenvalue weighted by molar-refractivity contribution is 5.89. The third kappa shape index (κ3) is 4.49. The van der Waals surface area contributed by atoms with Crippen molar-refractivity contribution < 1.29 is 9.59 Å². The Bertz CT molecular complexity index is 547. The topological polar surface area (TPSA) is 61.4 Å². The van der Waals surface area contributed by atoms with Crippen LogP contribution in [0.25, 0.3) is 0 Å². The molecule has 0 radical (unpaired) electrons. The Kier molecular flexibility index (Phi) is 5.72. The van der Waals surface area contributed by atoms with Crippen molar-refractivity contribution in [3.05, 3.63) is 30.3 Å². The molecule has 1 saturated carbocycles. The number of piperidine rings is 1. The first kappa shape index (κ1) is 16.8. The van der Waals surface area contributed by atoms with Crippen LogP contribution in [0, 0.1) is 5.92 Å². The summed E-state index contributed by atoms with van der Waals surface area (Å²) in [5.41, 5.74) is 0.805. The van der Waals surface area contributed by atoms with Gasteiger partial charge in [0, 0.05) is 30.7 Å². The van der Waals surface area contributed by atoms with Crippen LogP contribution in [0.5, 0.6) is 0 Å². The van der Waals surface area contributed by atoms with E-state index in [9.17, 15) is 9.59 Å². The van der Waals surface area contributed by atoms with Gasteiger partial charge in [-0.2, -0.15) is 0 Å². The molecule has 0 aromatic heterocycles. The molecule has 130 valence electrons. The Labute approximate surface area is 143 Å². The summed E-state index contributed by atoms with van der Waals surface area (Å²) in [5.74, 6) is 0.234. The number of likely N-dealkylation sites (tertiary alicyclic amines) is 1. The maximum atomic E-state index is 12.4. The Balaban J connectivity index is 1.43. The van der Waals surface area contributed by atoms with Gasteiger partial charge < -0.3 is 15.5 Å². The predicted octanol–water partition coefficient (Wildman–Crippen LogP) is 3.38. The zero-order chi connectivity index (χ0) is 16.8. The largest absolute Gasteiger partial charge is 0.353 e. The molecule has 3 rings (SSSR count). The fourth-order valence-electron chi connectivity index (χ4n) is 3.63. The smallest absolute Gasteiger partial charge is 0.321 e. The average Bonchev–Trinajstić information content (AvgIpc) is 2.63. The summed E-state index contributed by atoms with van der Waals surface area (Å²) in [4.78, 5) is 26.5. The Morgan fingerprint density at radius 3 is 2.25 bits per heavy atom. The number of anilines is 1. The lowest BCUT2D eigenvalue weighted by Gasteiger charge is -2.32. The first-order valence-electron chi connectivity index (χ1n) is 9.14. The van der Waals surface area contributed by atoms with Crippen molar-refractivity contribution in [2.24, 2.45) is 5.92 Å². The fourth-order valence-corrected chi connectivity index (χ4v) is 3.63. The molecule has 1 aromatic rings. The Morgan fingerprint density at radius 2 is 1.58 bits per heavy atom. The SMILES string of the molecule is O=C(NC1CCCCC1)C1CCN(C(=O)Nc2ccccc2)CC1. The van der Waals surface area contributed by atoms with Gasteiger partial charge in [-0.25, -0.2) is 4.79 Å². The maximum absolute atomic E-state index is 12.4. The van der Waals surface area contributed by atoms with E-state index in [1.165, 1.54) is 19.3 Å². The van der Waals surface area contributed by atoms with Gasteiger partial charge in [-0.1, -0.05) is 37.5 Å². The quantitative estimate of drug-likeness (QED) is 0.893. The molecule has 24 heavy (non-hydrogen) atoms. The molecule has 2 aliphatic rings. The van der Waals surface area contributed by atoms with Crippen molar-refractivity contribution >= 4 is 17.6 Å². The number of rotatable bonds is 3. The van der Waals surface area contributed by atoms with Gasteiger partial charge in [-0.15, -0.1) is 0 Å². The minimum atomic E-state index is -0.0765. The second kappa shape index (κ2) is 8.18. The zero-order valence-electron chi connectivity index (χ0n) is 14.2. The molecule has 5 heteroatoms. The van der Waals surface area contributed by atoms with Crippen LogP contribution in [0.1, 0.15) is 44.9 Å². The fraction of sp³-hybridized carbons (Fsp3) is 0.579. The number of para-hydroxylation sites is 1. The molecule has 3 amide bonds. The molecule has 0 atom stereocenters. The number of hydrogen-bond donors (Lipinski definition) is 2. The molecule has 1 aliphatic carbocycles. The standard InChI is InChI=1S/C19H27N3O2/c23-18(20-16-7-3-1-4-8-16)15-11-13-22(14-12-15)19(24)21-17-9-5-2-6-10-17/h2,5-6,9-10,15-16H,1,3-4,7-8,11-14H2,(H,20,23)(H,21,24). The lowest BCUT2D eigenvalue weighted by Crippen LogP contribution is -2.46. The molecule has 2 N–H and O–H groups in total. The van der Waals surface area contributed by atoms with Crippen LogP contribution >= 0.6 is 0 Å². The van der Waals surface area contributed by atoms with E-state index in [0.29, 0.717) is 19.1 Å². The Hall–Kier alpha value is -2.04. The van der Waals surface area contributed by atoms with E-state index in [1.807, 2.05) is 30.3 Å². The number of carbonyl (C=O) groups is 2. The molecule has 1 heterocycles. The van der Waals surface area contributed by atoms with Crippen molar-refractivity contribution in [1.82, 2.24) is 10.2 Å². The maximum Gasteiger partial charge on any atom is 0.321 e. The second-order valence-electron chi connectivity index (χ2n) is 6.90. The van der Waals surface area contributed by atoms with E-state index in [1.54, 1.807) is 4.90 Å². The van der Waals surface area contributed by atoms with Crippen LogP contribution < -0.4 is 10.6 Å². The molecule has 5 nitrogen and oxygen atoms in total. The summed E-state index contributed by atoms with van der Waals surface area (Å²) in [5, 5.41) is 6.12. The summed E-state index contributed by atoms with van der Waals surface area (Å²) >= 11 is 0. The number of nitrogens with zero attached hydrogens (tertiary/aromatic N) is 1. The zero-order valence-corrected chi connectivity index (χ0v) is 14.2. The molecule has 0 bridgehead atoms. The van der Waals surface area contributed by atoms with Gasteiger partial charge in [0.15, 0.2) is 0 Å². The number of urea groups is 1. The molecule has 0 spiro atoms. The van der Waals surface area contributed by atoms with Gasteiger partial charge in [-0.05, 0) is 37.8 Å². The van der Waals surface area contributed by atoms with E-state index in [0.717, 1.165) is 31.4 Å². The van der Waals surface area contributed by atoms with Gasteiger partial charge in [0.05, 0.1) is 0 Å². The normalized spacial score (nSPS) is 19.8. The van der Waals surface area contributed by atoms with E-state index >= 15 is 0 Å². The summed E-state index contributed by atoms with van der Waals surface area (Å²) < 4.78 is 0. The number of benzene rings is 1. The molecular formula is C19H27N3O2. The van der Waals surface area contributed by atoms with Crippen LogP contribution in [0.4, 0.5) is 10.5 Å². The molecule has 1 aliphatic heterocycles. The number of amides is 3. The molecule has 1 saturated heterocycles. The van der Waals surface area contributed by atoms with Gasteiger partial charge in [0.2, 0.25) is 5.91 Å². The van der Waals surface area contributed by atoms with E-state index in [2.05, 4.69) is 10.6 Å². The third-order valence-electron chi connectivity index (χ3n) is 5.13. The van der Waals surface area contributed by atoms with Gasteiger partial charge in [-0.3, -0.25) is 4.79 Å². The molecule has 2 fully saturated rings. The average molecular weight is 329 g/mol. The van der Waals surface area contributed by atoms with Crippen molar-refractivity contribution in [3.63, 3.8) is 0 Å². The third-order valence-corrected chi connectivity index (χ3v) is 5.13. The van der Waals surface area contributed by atoms with E-state index < -0.39 is 0 Å². The van der Waals surface area contributed by atoms with Crippen molar-refractivity contribution in [1.29, 1.82) is 0 Å². The molecule has 0 unspecified atom stereocenters. The minimum Gasteiger partial charge on any atom is -0.353 e. The van der Waals surface area contributed by atoms with E-state index in [-0.39, 0.29) is 17.9 Å². The number of hydrogen-bond acceptors (Lipinski definition) is 2. The van der Waals surface area contributed by atoms with Crippen LogP contribution in [0.3, 0.4) is 0 Å². The first-order chi connectivity index (χ1) is 11.7. The highest BCUT2D eigenvalue weighted by atomic mass is 16.2. The lowest BCUT2D eigenvalue weighted by atomic mass is 9.92. The highest BCUT2D eigenvalue weighted by Crippen LogP contribution is 2.21. The molecular weight excluding hydrogens is 302 g/mol. The first-order valence-corrected chi connectivity index (χ1v) is 9.14. The second-order valence-corrected chi connectivity index (χ2v) is 6.90. The number of carbonyl (C=O) groups excluding carboxylic acids is 2. The van der Waals surface area contributed by atoms with Crippen LogP contribution in [0.15, 0.2) is 30.3 Å². The van der Waals surface area contributed by atoms with Crippen molar-refractivity contribution in [2.75, 3.05) is 18.4 Å². The monoisotopic (exact) mass is 329 g/mol. The number of nitrogens with one attached hydrogen (secondary N) is 2. The van der Waals surface area contributed by atoms with Gasteiger partial charge >= 0.3 is 6.03 Å². The predicted molar refractivity (Wildman–Crippen MR) is 94.8 cm³/mol. The lowest BCUT2D eigenvalue weighted by molar-refractivity contribution is -0.127. The minimum absolute atomic E-state index is 0.0488. The van der Waals surface area contributed by atoms with Gasteiger partial charge in [0.25, 0.3) is 0 Å². The summed E-state index contributed by atoms with van der Waals surface area (Å²) in [7, 11) is 0. The Morgan fingerprint density at radius 1 is 0.917 bits per heavy atom. The summed E-state index contributed by atoms with van der Waals surface area (Å²) in [6.07, 6.45) is 7.48. The van der Waals surface area contributed by atoms with Crippen LogP contribution in [-0.2, 0) is 4.79 Å². The van der Waals surface area contributed by atoms with Crippen LogP contribution in [-0.4, -0.2) is 36.0 Å². The molecule has 1 aromatic carbocycles. The van der Waals surface area contributed by atoms with E-state index in [4.69, 9.17) is 0 Å². The van der Waals surface area contributed by atoms with Crippen LogP contribution in [0.2, 0.25) is 0 Å². The van der Waals surface area contributed by atoms with Crippen molar-refractivity contribution in [3.8, 4) is 0 Å². The summed E-state index contributed by atoms with van der Waals surface area (Å²) in [6, 6.07) is 9.77. The highest BCUT2D eigenvalue weighted by Gasteiger charge is 2.28. The van der Waals surface area contributed by atoms with Gasteiger partial charge in [0.1, 0.15) is 0 Å². The van der Waals surface area contributed by atoms with Crippen molar-refractivity contribution in [2.45, 2.75) is 51.0 Å². The summed E-state index contributed by atoms with van der Waals surface area (Å²) in [6.45, 7) is 1.28.